The van der Waals surface area contributed by atoms with Crippen LogP contribution < -0.4 is 5.32 Å². The summed E-state index contributed by atoms with van der Waals surface area (Å²) >= 11 is 12.3. The van der Waals surface area contributed by atoms with Crippen LogP contribution in [0.4, 0.5) is 5.69 Å². The second-order valence-corrected chi connectivity index (χ2v) is 9.98. The fourth-order valence-electron chi connectivity index (χ4n) is 3.42. The smallest absolute Gasteiger partial charge is 0.228 e. The lowest BCUT2D eigenvalue weighted by Crippen LogP contribution is -2.44. The lowest BCUT2D eigenvalue weighted by atomic mass is 9.98. The molecule has 1 unspecified atom stereocenters. The molecule has 2 aromatic rings. The van der Waals surface area contributed by atoms with Crippen molar-refractivity contribution in [3.8, 4) is 0 Å². The van der Waals surface area contributed by atoms with Crippen LogP contribution in [0.3, 0.4) is 0 Å². The van der Waals surface area contributed by atoms with Crippen molar-refractivity contribution in [1.82, 2.24) is 4.31 Å². The summed E-state index contributed by atoms with van der Waals surface area (Å²) in [4.78, 5) is 12.7. The maximum atomic E-state index is 12.9. The molecule has 1 aliphatic rings. The van der Waals surface area contributed by atoms with Crippen LogP contribution in [0.15, 0.2) is 42.5 Å². The van der Waals surface area contributed by atoms with Gasteiger partial charge in [0.2, 0.25) is 15.9 Å². The molecule has 1 atom stereocenters. The Labute approximate surface area is 182 Å². The van der Waals surface area contributed by atoms with Gasteiger partial charge in [-0.2, -0.15) is 0 Å². The zero-order chi connectivity index (χ0) is 21.0. The molecule has 0 spiro atoms. The molecule has 0 aromatic heterocycles. The monoisotopic (exact) mass is 454 g/mol. The standard InChI is InChI=1S/C21H24Cl2N2O3S/c1-2-15-8-10-17(11-9-15)24-21(26)16-5-4-12-25(13-16)29(27,28)14-18-19(22)6-3-7-20(18)23/h3,6-11,16H,2,4-5,12-14H2,1H3,(H,24,26). The SMILES string of the molecule is CCc1ccc(NC(=O)C2CCCN(S(=O)(=O)Cc3c(Cl)cccc3Cl)C2)cc1. The van der Waals surface area contributed by atoms with Gasteiger partial charge in [0.25, 0.3) is 0 Å². The highest BCUT2D eigenvalue weighted by atomic mass is 35.5. The van der Waals surface area contributed by atoms with E-state index in [1.165, 1.54) is 9.87 Å². The maximum absolute atomic E-state index is 12.9. The molecule has 0 radical (unpaired) electrons. The van der Waals surface area contributed by atoms with Crippen molar-refractivity contribution >= 4 is 44.8 Å². The second-order valence-electron chi connectivity index (χ2n) is 7.19. The van der Waals surface area contributed by atoms with Crippen molar-refractivity contribution in [2.24, 2.45) is 5.92 Å². The lowest BCUT2D eigenvalue weighted by molar-refractivity contribution is -0.120. The van der Waals surface area contributed by atoms with E-state index in [0.29, 0.717) is 35.0 Å². The molecule has 1 N–H and O–H groups in total. The van der Waals surface area contributed by atoms with Crippen molar-refractivity contribution in [3.05, 3.63) is 63.6 Å². The summed E-state index contributed by atoms with van der Waals surface area (Å²) in [5.41, 5.74) is 2.30. The molecule has 1 amide bonds. The number of piperidine rings is 1. The van der Waals surface area contributed by atoms with E-state index in [4.69, 9.17) is 23.2 Å². The van der Waals surface area contributed by atoms with E-state index in [1.54, 1.807) is 18.2 Å². The lowest BCUT2D eigenvalue weighted by Gasteiger charge is -2.31. The van der Waals surface area contributed by atoms with Crippen LogP contribution >= 0.6 is 23.2 Å². The Hall–Kier alpha value is -1.60. The minimum atomic E-state index is -3.65. The van der Waals surface area contributed by atoms with Crippen LogP contribution in [-0.4, -0.2) is 31.7 Å². The third kappa shape index (κ3) is 5.51. The van der Waals surface area contributed by atoms with E-state index < -0.39 is 15.9 Å². The van der Waals surface area contributed by atoms with Gasteiger partial charge in [0.05, 0.1) is 11.7 Å². The zero-order valence-electron chi connectivity index (χ0n) is 16.2. The number of hydrogen-bond donors (Lipinski definition) is 1. The van der Waals surface area contributed by atoms with Crippen LogP contribution in [0, 0.1) is 5.92 Å². The highest BCUT2D eigenvalue weighted by molar-refractivity contribution is 7.88. The molecule has 5 nitrogen and oxygen atoms in total. The number of carbonyl (C=O) groups excluding carboxylic acids is 1. The van der Waals surface area contributed by atoms with Crippen molar-refractivity contribution in [2.75, 3.05) is 18.4 Å². The number of carbonyl (C=O) groups is 1. The third-order valence-electron chi connectivity index (χ3n) is 5.17. The maximum Gasteiger partial charge on any atom is 0.228 e. The van der Waals surface area contributed by atoms with Crippen molar-refractivity contribution in [1.29, 1.82) is 0 Å². The van der Waals surface area contributed by atoms with Gasteiger partial charge in [0.15, 0.2) is 0 Å². The average molecular weight is 455 g/mol. The van der Waals surface area contributed by atoms with Crippen LogP contribution in [0.2, 0.25) is 10.0 Å². The molecular weight excluding hydrogens is 431 g/mol. The fraction of sp³-hybridized carbons (Fsp3) is 0.381. The number of hydrogen-bond acceptors (Lipinski definition) is 3. The van der Waals surface area contributed by atoms with Gasteiger partial charge in [-0.1, -0.05) is 48.3 Å². The van der Waals surface area contributed by atoms with Gasteiger partial charge < -0.3 is 5.32 Å². The number of amides is 1. The summed E-state index contributed by atoms with van der Waals surface area (Å²) in [7, 11) is -3.65. The summed E-state index contributed by atoms with van der Waals surface area (Å²) in [6, 6.07) is 12.6. The molecule has 0 saturated carbocycles. The first-order valence-electron chi connectivity index (χ1n) is 9.60. The van der Waals surface area contributed by atoms with Crippen molar-refractivity contribution in [2.45, 2.75) is 31.9 Å². The topological polar surface area (TPSA) is 66.5 Å². The molecule has 3 rings (SSSR count). The van der Waals surface area contributed by atoms with Gasteiger partial charge in [0, 0.05) is 34.4 Å². The van der Waals surface area contributed by atoms with Crippen LogP contribution in [0.25, 0.3) is 0 Å². The van der Waals surface area contributed by atoms with Crippen LogP contribution in [-0.2, 0) is 27.0 Å². The van der Waals surface area contributed by atoms with Crippen molar-refractivity contribution < 1.29 is 13.2 Å². The summed E-state index contributed by atoms with van der Waals surface area (Å²) in [6.07, 6.45) is 2.21. The zero-order valence-corrected chi connectivity index (χ0v) is 18.5. The number of nitrogens with one attached hydrogen (secondary N) is 1. The van der Waals surface area contributed by atoms with Crippen molar-refractivity contribution in [3.63, 3.8) is 0 Å². The molecule has 0 aliphatic carbocycles. The molecule has 1 saturated heterocycles. The Balaban J connectivity index is 1.68. The van der Waals surface area contributed by atoms with E-state index in [1.807, 2.05) is 24.3 Å². The summed E-state index contributed by atoms with van der Waals surface area (Å²) in [5.74, 6) is -0.839. The first-order valence-corrected chi connectivity index (χ1v) is 12.0. The molecule has 1 aliphatic heterocycles. The van der Waals surface area contributed by atoms with Gasteiger partial charge >= 0.3 is 0 Å². The molecule has 29 heavy (non-hydrogen) atoms. The summed E-state index contributed by atoms with van der Waals surface area (Å²) < 4.78 is 27.2. The molecule has 8 heteroatoms. The van der Waals surface area contributed by atoms with E-state index >= 15 is 0 Å². The fourth-order valence-corrected chi connectivity index (χ4v) is 5.78. The second kappa shape index (κ2) is 9.47. The Morgan fingerprint density at radius 3 is 2.41 bits per heavy atom. The Morgan fingerprint density at radius 1 is 1.14 bits per heavy atom. The molecule has 2 aromatic carbocycles. The number of sulfonamides is 1. The highest BCUT2D eigenvalue weighted by Gasteiger charge is 2.33. The number of anilines is 1. The van der Waals surface area contributed by atoms with Crippen LogP contribution in [0.5, 0.6) is 0 Å². The Kier molecular flexibility index (Phi) is 7.22. The normalized spacial score (nSPS) is 17.8. The largest absolute Gasteiger partial charge is 0.326 e. The van der Waals surface area contributed by atoms with E-state index in [9.17, 15) is 13.2 Å². The molecule has 0 bridgehead atoms. The predicted molar refractivity (Wildman–Crippen MR) is 118 cm³/mol. The van der Waals surface area contributed by atoms with Gasteiger partial charge in [-0.05, 0) is 49.1 Å². The van der Waals surface area contributed by atoms with E-state index in [-0.39, 0.29) is 18.2 Å². The highest BCUT2D eigenvalue weighted by Crippen LogP contribution is 2.29. The first-order chi connectivity index (χ1) is 13.8. The number of halogens is 2. The van der Waals surface area contributed by atoms with Gasteiger partial charge in [0.1, 0.15) is 0 Å². The molecule has 1 heterocycles. The predicted octanol–water partition coefficient (Wildman–Crippen LogP) is 4.74. The number of aryl methyl sites for hydroxylation is 1. The number of benzene rings is 2. The molecule has 156 valence electrons. The summed E-state index contributed by atoms with van der Waals surface area (Å²) in [5, 5.41) is 3.54. The van der Waals surface area contributed by atoms with Gasteiger partial charge in [-0.25, -0.2) is 12.7 Å². The van der Waals surface area contributed by atoms with Gasteiger partial charge in [-0.15, -0.1) is 0 Å². The van der Waals surface area contributed by atoms with Gasteiger partial charge in [-0.3, -0.25) is 4.79 Å². The molecular formula is C21H24Cl2N2O3S. The van der Waals surface area contributed by atoms with E-state index in [0.717, 1.165) is 12.1 Å². The number of rotatable bonds is 6. The first kappa shape index (κ1) is 22.1. The molecule has 1 fully saturated rings. The Morgan fingerprint density at radius 2 is 1.79 bits per heavy atom. The number of nitrogens with zero attached hydrogens (tertiary/aromatic N) is 1. The summed E-state index contributed by atoms with van der Waals surface area (Å²) in [6.45, 7) is 2.61. The Bertz CT molecular complexity index is 958. The quantitative estimate of drug-likeness (QED) is 0.685. The van der Waals surface area contributed by atoms with Crippen LogP contribution in [0.1, 0.15) is 30.9 Å². The minimum Gasteiger partial charge on any atom is -0.326 e. The average Bonchev–Trinajstić information content (AvgIpc) is 2.71. The minimum absolute atomic E-state index is 0.156. The third-order valence-corrected chi connectivity index (χ3v) is 7.65. The van der Waals surface area contributed by atoms with E-state index in [2.05, 4.69) is 12.2 Å².